The lowest BCUT2D eigenvalue weighted by molar-refractivity contribution is -0.137. The zero-order valence-electron chi connectivity index (χ0n) is 17.7. The van der Waals surface area contributed by atoms with E-state index in [0.29, 0.717) is 32.6 Å². The van der Waals surface area contributed by atoms with Gasteiger partial charge in [-0.25, -0.2) is 16.5 Å². The van der Waals surface area contributed by atoms with Crippen LogP contribution in [-0.2, 0) is 6.18 Å². The lowest BCUT2D eigenvalue weighted by atomic mass is 10.1. The summed E-state index contributed by atoms with van der Waals surface area (Å²) in [5.41, 5.74) is 2.26. The summed E-state index contributed by atoms with van der Waals surface area (Å²) >= 11 is 6.70. The van der Waals surface area contributed by atoms with Gasteiger partial charge in [-0.05, 0) is 76.7 Å². The summed E-state index contributed by atoms with van der Waals surface area (Å²) in [6, 6.07) is 2.09. The molecule has 5 nitrogen and oxygen atoms in total. The summed E-state index contributed by atoms with van der Waals surface area (Å²) in [4.78, 5) is 15.3. The first kappa shape index (κ1) is 23.1. The zero-order valence-corrected chi connectivity index (χ0v) is 20.9. The minimum Gasteiger partial charge on any atom is -0.348 e. The Hall–Kier alpha value is -2.12. The van der Waals surface area contributed by atoms with E-state index in [1.807, 2.05) is 18.4 Å². The molecule has 168 valence electrons. The molecule has 0 aliphatic carbocycles. The molecular weight excluding hydrogens is 551 g/mol. The van der Waals surface area contributed by atoms with Gasteiger partial charge in [-0.2, -0.15) is 13.2 Å². The van der Waals surface area contributed by atoms with E-state index < -0.39 is 11.7 Å². The van der Waals surface area contributed by atoms with Crippen molar-refractivity contribution in [3.8, 4) is 5.69 Å². The number of hydrogen-bond donors (Lipinski definition) is 0. The fourth-order valence-electron chi connectivity index (χ4n) is 4.25. The predicted octanol–water partition coefficient (Wildman–Crippen LogP) is 6.78. The molecule has 1 unspecified atom stereocenters. The van der Waals surface area contributed by atoms with Crippen molar-refractivity contribution < 1.29 is 13.2 Å². The number of nitrogens with zero attached hydrogens (tertiary/aromatic N) is 5. The number of aromatic nitrogens is 3. The van der Waals surface area contributed by atoms with E-state index in [1.54, 1.807) is 6.92 Å². The summed E-state index contributed by atoms with van der Waals surface area (Å²) in [5.74, 6) is 1.34. The summed E-state index contributed by atoms with van der Waals surface area (Å²) in [7, 11) is 0. The lowest BCUT2D eigenvalue weighted by Gasteiger charge is -2.29. The van der Waals surface area contributed by atoms with Crippen LogP contribution < -0.4 is 4.90 Å². The molecule has 4 rings (SSSR count). The third-order valence-corrected chi connectivity index (χ3v) is 7.10. The molecule has 0 amide bonds. The maximum Gasteiger partial charge on any atom is 0.416 e. The topological polar surface area (TPSA) is 38.3 Å². The molecule has 1 atom stereocenters. The van der Waals surface area contributed by atoms with E-state index in [1.165, 1.54) is 0 Å². The van der Waals surface area contributed by atoms with Crippen LogP contribution >= 0.6 is 31.9 Å². The van der Waals surface area contributed by atoms with Gasteiger partial charge in [-0.3, -0.25) is 4.57 Å². The smallest absolute Gasteiger partial charge is 0.348 e. The first-order valence-electron chi connectivity index (χ1n) is 10.1. The minimum atomic E-state index is -4.45. The van der Waals surface area contributed by atoms with Crippen LogP contribution in [0.15, 0.2) is 21.1 Å². The highest BCUT2D eigenvalue weighted by atomic mass is 79.9. The molecule has 1 saturated heterocycles. The number of aryl methyl sites for hydroxylation is 2. The number of alkyl halides is 3. The second-order valence-electron chi connectivity index (χ2n) is 8.00. The van der Waals surface area contributed by atoms with Crippen molar-refractivity contribution in [2.24, 2.45) is 0 Å². The van der Waals surface area contributed by atoms with Crippen molar-refractivity contribution in [2.75, 3.05) is 18.0 Å². The van der Waals surface area contributed by atoms with Crippen molar-refractivity contribution in [3.05, 3.63) is 55.1 Å². The average Bonchev–Trinajstić information content (AvgIpc) is 2.97. The van der Waals surface area contributed by atoms with Crippen LogP contribution in [0, 0.1) is 27.3 Å². The fourth-order valence-corrected chi connectivity index (χ4v) is 5.79. The van der Waals surface area contributed by atoms with E-state index >= 15 is 0 Å². The standard InChI is InChI=1S/C22H20Br2F3N5/c1-11-12(2)32(19-16(23)8-14(9-17(19)24)22(25,26)27)21-18(11)20(29-13(3)30-21)31-7-5-6-15(10-31)28-4/h8-9,15H,5-7,10H2,1-3H3. The summed E-state index contributed by atoms with van der Waals surface area (Å²) in [6.45, 7) is 14.5. The molecule has 32 heavy (non-hydrogen) atoms. The van der Waals surface area contributed by atoms with E-state index in [2.05, 4.69) is 46.6 Å². The average molecular weight is 571 g/mol. The van der Waals surface area contributed by atoms with Gasteiger partial charge in [0.1, 0.15) is 11.6 Å². The van der Waals surface area contributed by atoms with Gasteiger partial charge in [0.05, 0.1) is 23.2 Å². The Kier molecular flexibility index (Phi) is 6.01. The fraction of sp³-hybridized carbons (Fsp3) is 0.409. The summed E-state index contributed by atoms with van der Waals surface area (Å²) in [5, 5.41) is 0.859. The summed E-state index contributed by atoms with van der Waals surface area (Å²) in [6.07, 6.45) is -2.67. The van der Waals surface area contributed by atoms with E-state index in [4.69, 9.17) is 11.6 Å². The van der Waals surface area contributed by atoms with Crippen LogP contribution in [-0.4, -0.2) is 33.7 Å². The molecule has 2 aromatic heterocycles. The highest BCUT2D eigenvalue weighted by molar-refractivity contribution is 9.11. The Labute approximate surface area is 200 Å². The van der Waals surface area contributed by atoms with E-state index in [9.17, 15) is 13.2 Å². The van der Waals surface area contributed by atoms with Crippen LogP contribution in [0.5, 0.6) is 0 Å². The SMILES string of the molecule is [C-]#[N+]C1CCCN(c2nc(C)nc3c2c(C)c(C)n3-c2c(Br)cc(C(F)(F)F)cc2Br)C1. The van der Waals surface area contributed by atoms with Gasteiger partial charge in [-0.1, -0.05) is 0 Å². The van der Waals surface area contributed by atoms with Gasteiger partial charge in [0.25, 0.3) is 0 Å². The highest BCUT2D eigenvalue weighted by Crippen LogP contribution is 2.42. The van der Waals surface area contributed by atoms with Gasteiger partial charge in [0.2, 0.25) is 6.04 Å². The minimum absolute atomic E-state index is 0.0734. The number of rotatable bonds is 2. The zero-order chi connectivity index (χ0) is 23.4. The Morgan fingerprint density at radius 3 is 2.38 bits per heavy atom. The first-order valence-corrected chi connectivity index (χ1v) is 11.7. The van der Waals surface area contributed by atoms with Crippen molar-refractivity contribution in [1.82, 2.24) is 14.5 Å². The van der Waals surface area contributed by atoms with Crippen molar-refractivity contribution >= 4 is 48.7 Å². The molecule has 0 N–H and O–H groups in total. The van der Waals surface area contributed by atoms with Gasteiger partial charge >= 0.3 is 6.18 Å². The second-order valence-corrected chi connectivity index (χ2v) is 9.70. The van der Waals surface area contributed by atoms with E-state index in [0.717, 1.165) is 54.0 Å². The molecule has 0 spiro atoms. The first-order chi connectivity index (χ1) is 15.0. The molecule has 1 aliphatic rings. The quantitative estimate of drug-likeness (QED) is 0.319. The molecule has 3 heterocycles. The number of benzene rings is 1. The van der Waals surface area contributed by atoms with Gasteiger partial charge in [0, 0.05) is 27.6 Å². The van der Waals surface area contributed by atoms with Crippen LogP contribution in [0.3, 0.4) is 0 Å². The third-order valence-electron chi connectivity index (χ3n) is 5.89. The maximum absolute atomic E-state index is 13.3. The van der Waals surface area contributed by atoms with E-state index in [-0.39, 0.29) is 6.04 Å². The molecule has 3 aromatic rings. The number of fused-ring (bicyclic) bond motifs is 1. The van der Waals surface area contributed by atoms with Crippen LogP contribution in [0.4, 0.5) is 19.0 Å². The lowest BCUT2D eigenvalue weighted by Crippen LogP contribution is -2.37. The molecule has 1 aromatic carbocycles. The monoisotopic (exact) mass is 569 g/mol. The van der Waals surface area contributed by atoms with Gasteiger partial charge in [0.15, 0.2) is 5.65 Å². The van der Waals surface area contributed by atoms with Crippen LogP contribution in [0.1, 0.15) is 35.5 Å². The summed E-state index contributed by atoms with van der Waals surface area (Å²) < 4.78 is 42.4. The van der Waals surface area contributed by atoms with Crippen molar-refractivity contribution in [2.45, 2.75) is 45.8 Å². The molecule has 0 saturated carbocycles. The maximum atomic E-state index is 13.3. The van der Waals surface area contributed by atoms with Gasteiger partial charge in [-0.15, -0.1) is 0 Å². The Morgan fingerprint density at radius 2 is 1.78 bits per heavy atom. The Morgan fingerprint density at radius 1 is 1.12 bits per heavy atom. The van der Waals surface area contributed by atoms with Crippen molar-refractivity contribution in [3.63, 3.8) is 0 Å². The molecular formula is C22H20Br2F3N5. The number of piperidine rings is 1. The molecule has 0 radical (unpaired) electrons. The number of anilines is 1. The number of halogens is 5. The molecule has 1 aliphatic heterocycles. The van der Waals surface area contributed by atoms with Crippen LogP contribution in [0.25, 0.3) is 21.6 Å². The van der Waals surface area contributed by atoms with Crippen molar-refractivity contribution in [1.29, 1.82) is 0 Å². The highest BCUT2D eigenvalue weighted by Gasteiger charge is 2.33. The normalized spacial score (nSPS) is 17.1. The second kappa shape index (κ2) is 8.34. The Balaban J connectivity index is 1.97. The molecule has 10 heteroatoms. The van der Waals surface area contributed by atoms with Crippen LogP contribution in [0.2, 0.25) is 0 Å². The van der Waals surface area contributed by atoms with Gasteiger partial charge < -0.3 is 9.74 Å². The predicted molar refractivity (Wildman–Crippen MR) is 125 cm³/mol. The third kappa shape index (κ3) is 3.90. The number of hydrogen-bond acceptors (Lipinski definition) is 3. The molecule has 1 fully saturated rings. The largest absolute Gasteiger partial charge is 0.416 e. The Bertz CT molecular complexity index is 1240. The molecule has 0 bridgehead atoms.